The first kappa shape index (κ1) is 19.7. The summed E-state index contributed by atoms with van der Waals surface area (Å²) >= 11 is 1.26. The number of fused-ring (bicyclic) bond motifs is 1. The van der Waals surface area contributed by atoms with Crippen LogP contribution in [0.5, 0.6) is 0 Å². The molecule has 2 aromatic carbocycles. The van der Waals surface area contributed by atoms with Gasteiger partial charge in [-0.15, -0.1) is 10.2 Å². The van der Waals surface area contributed by atoms with Crippen molar-refractivity contribution >= 4 is 34.8 Å². The van der Waals surface area contributed by atoms with Crippen LogP contribution in [0.3, 0.4) is 0 Å². The minimum atomic E-state index is -0.336. The average molecular weight is 421 g/mol. The zero-order valence-electron chi connectivity index (χ0n) is 15.9. The lowest BCUT2D eigenvalue weighted by Crippen LogP contribution is -2.14. The zero-order valence-corrected chi connectivity index (χ0v) is 16.7. The molecule has 2 aromatic heterocycles. The molecule has 30 heavy (non-hydrogen) atoms. The van der Waals surface area contributed by atoms with Gasteiger partial charge in [0.2, 0.25) is 5.91 Å². The van der Waals surface area contributed by atoms with Crippen molar-refractivity contribution in [2.45, 2.75) is 11.9 Å². The van der Waals surface area contributed by atoms with Crippen LogP contribution in [0.1, 0.15) is 17.3 Å². The Hall–Kier alpha value is -3.59. The minimum Gasteiger partial charge on any atom is -0.325 e. The first-order valence-corrected chi connectivity index (χ1v) is 10.0. The number of hydrogen-bond acceptors (Lipinski definition) is 6. The van der Waals surface area contributed by atoms with Gasteiger partial charge in [0.25, 0.3) is 0 Å². The Bertz CT molecular complexity index is 1240. The maximum Gasteiger partial charge on any atom is 0.234 e. The second-order valence-corrected chi connectivity index (χ2v) is 7.44. The Kier molecular flexibility index (Phi) is 5.53. The van der Waals surface area contributed by atoms with Gasteiger partial charge in [-0.3, -0.25) is 9.59 Å². The molecule has 2 heterocycles. The third kappa shape index (κ3) is 4.36. The number of hydrogen-bond donors (Lipinski definition) is 1. The number of aromatic nitrogens is 4. The number of Topliss-reactive ketones (excluding diaryl/α,β-unsaturated/α-hetero) is 1. The van der Waals surface area contributed by atoms with E-state index in [1.54, 1.807) is 53.0 Å². The van der Waals surface area contributed by atoms with E-state index in [4.69, 9.17) is 0 Å². The van der Waals surface area contributed by atoms with Gasteiger partial charge in [0, 0.05) is 16.8 Å². The summed E-state index contributed by atoms with van der Waals surface area (Å²) < 4.78 is 14.7. The number of carbonyl (C=O) groups excluding carboxylic acids is 2. The molecule has 0 aliphatic rings. The number of thioether (sulfide) groups is 1. The lowest BCUT2D eigenvalue weighted by molar-refractivity contribution is -0.113. The van der Waals surface area contributed by atoms with E-state index in [0.717, 1.165) is 0 Å². The summed E-state index contributed by atoms with van der Waals surface area (Å²) in [7, 11) is 0. The predicted octanol–water partition coefficient (Wildman–Crippen LogP) is 3.86. The SMILES string of the molecule is CC(=O)c1cccc(NC(=O)CSc2ccc3nnc(-c4ccc(F)cc4)n3n2)c1. The molecular weight excluding hydrogens is 405 g/mol. The number of halogens is 1. The molecule has 0 aliphatic heterocycles. The van der Waals surface area contributed by atoms with Crippen LogP contribution in [0, 0.1) is 5.82 Å². The molecule has 0 atom stereocenters. The molecular formula is C21H16FN5O2S. The largest absolute Gasteiger partial charge is 0.325 e. The number of rotatable bonds is 6. The number of anilines is 1. The van der Waals surface area contributed by atoms with Crippen LogP contribution in [0.4, 0.5) is 10.1 Å². The van der Waals surface area contributed by atoms with Crippen LogP contribution >= 0.6 is 11.8 Å². The second kappa shape index (κ2) is 8.42. The summed E-state index contributed by atoms with van der Waals surface area (Å²) in [5, 5.41) is 16.1. The first-order valence-electron chi connectivity index (χ1n) is 9.02. The predicted molar refractivity (Wildman–Crippen MR) is 112 cm³/mol. The van der Waals surface area contributed by atoms with Crippen molar-refractivity contribution in [3.8, 4) is 11.4 Å². The van der Waals surface area contributed by atoms with Crippen molar-refractivity contribution in [2.75, 3.05) is 11.1 Å². The quantitative estimate of drug-likeness (QED) is 0.376. The molecule has 150 valence electrons. The molecule has 7 nitrogen and oxygen atoms in total. The summed E-state index contributed by atoms with van der Waals surface area (Å²) in [4.78, 5) is 23.8. The molecule has 0 bridgehead atoms. The molecule has 0 aliphatic carbocycles. The van der Waals surface area contributed by atoms with Crippen molar-refractivity contribution < 1.29 is 14.0 Å². The fourth-order valence-corrected chi connectivity index (χ4v) is 3.44. The highest BCUT2D eigenvalue weighted by molar-refractivity contribution is 7.99. The Balaban J connectivity index is 1.47. The van der Waals surface area contributed by atoms with E-state index in [0.29, 0.717) is 33.3 Å². The van der Waals surface area contributed by atoms with Gasteiger partial charge < -0.3 is 5.32 Å². The number of carbonyl (C=O) groups is 2. The van der Waals surface area contributed by atoms with E-state index in [9.17, 15) is 14.0 Å². The Labute approximate surface area is 175 Å². The van der Waals surface area contributed by atoms with Gasteiger partial charge >= 0.3 is 0 Å². The van der Waals surface area contributed by atoms with Crippen LogP contribution in [0.25, 0.3) is 17.0 Å². The van der Waals surface area contributed by atoms with Gasteiger partial charge in [-0.25, -0.2) is 4.39 Å². The van der Waals surface area contributed by atoms with E-state index in [2.05, 4.69) is 20.6 Å². The average Bonchev–Trinajstić information content (AvgIpc) is 3.16. The molecule has 0 saturated heterocycles. The fourth-order valence-electron chi connectivity index (χ4n) is 2.78. The number of ketones is 1. The minimum absolute atomic E-state index is 0.0659. The van der Waals surface area contributed by atoms with E-state index in [1.165, 1.54) is 30.8 Å². The topological polar surface area (TPSA) is 89.2 Å². The summed E-state index contributed by atoms with van der Waals surface area (Å²) in [6.07, 6.45) is 0. The molecule has 0 fully saturated rings. The van der Waals surface area contributed by atoms with E-state index in [1.807, 2.05) is 0 Å². The third-order valence-corrected chi connectivity index (χ3v) is 5.16. The standard InChI is InChI=1S/C21H16FN5O2S/c1-13(28)15-3-2-4-17(11-15)23-19(29)12-30-20-10-9-18-24-25-21(27(18)26-20)14-5-7-16(22)8-6-14/h2-11H,12H2,1H3,(H,23,29). The van der Waals surface area contributed by atoms with E-state index in [-0.39, 0.29) is 23.3 Å². The maximum atomic E-state index is 13.2. The van der Waals surface area contributed by atoms with Gasteiger partial charge in [0.05, 0.1) is 5.75 Å². The van der Waals surface area contributed by atoms with E-state index < -0.39 is 0 Å². The lowest BCUT2D eigenvalue weighted by Gasteiger charge is -2.06. The van der Waals surface area contributed by atoms with E-state index >= 15 is 0 Å². The summed E-state index contributed by atoms with van der Waals surface area (Å²) in [6.45, 7) is 1.48. The first-order chi connectivity index (χ1) is 14.5. The number of nitrogens with zero attached hydrogens (tertiary/aromatic N) is 4. The molecule has 0 spiro atoms. The van der Waals surface area contributed by atoms with Crippen molar-refractivity contribution in [3.63, 3.8) is 0 Å². The Morgan fingerprint density at radius 3 is 2.63 bits per heavy atom. The molecule has 9 heteroatoms. The number of benzene rings is 2. The summed E-state index contributed by atoms with van der Waals surface area (Å²) in [5.74, 6) is 0.000140. The van der Waals surface area contributed by atoms with Crippen molar-refractivity contribution in [1.82, 2.24) is 19.8 Å². The van der Waals surface area contributed by atoms with Gasteiger partial charge in [-0.05, 0) is 55.5 Å². The van der Waals surface area contributed by atoms with Gasteiger partial charge in [0.15, 0.2) is 17.3 Å². The van der Waals surface area contributed by atoms with Crippen molar-refractivity contribution in [2.24, 2.45) is 0 Å². The highest BCUT2D eigenvalue weighted by Crippen LogP contribution is 2.21. The fraction of sp³-hybridized carbons (Fsp3) is 0.0952. The number of amides is 1. The van der Waals surface area contributed by atoms with Gasteiger partial charge in [-0.1, -0.05) is 23.9 Å². The molecule has 0 radical (unpaired) electrons. The zero-order chi connectivity index (χ0) is 21.1. The highest BCUT2D eigenvalue weighted by atomic mass is 32.2. The lowest BCUT2D eigenvalue weighted by atomic mass is 10.1. The van der Waals surface area contributed by atoms with Crippen molar-refractivity contribution in [1.29, 1.82) is 0 Å². The molecule has 1 N–H and O–H groups in total. The van der Waals surface area contributed by atoms with Crippen molar-refractivity contribution in [3.05, 3.63) is 72.0 Å². The molecule has 4 rings (SSSR count). The smallest absolute Gasteiger partial charge is 0.234 e. The van der Waals surface area contributed by atoms with Crippen LogP contribution in [0.15, 0.2) is 65.7 Å². The Morgan fingerprint density at radius 2 is 1.87 bits per heavy atom. The third-order valence-electron chi connectivity index (χ3n) is 4.24. The van der Waals surface area contributed by atoms with Crippen LogP contribution < -0.4 is 5.32 Å². The summed E-state index contributed by atoms with van der Waals surface area (Å²) in [6, 6.07) is 16.2. The molecule has 4 aromatic rings. The second-order valence-electron chi connectivity index (χ2n) is 6.45. The maximum absolute atomic E-state index is 13.2. The monoisotopic (exact) mass is 421 g/mol. The highest BCUT2D eigenvalue weighted by Gasteiger charge is 2.12. The summed E-state index contributed by atoms with van der Waals surface area (Å²) in [5.41, 5.74) is 2.33. The molecule has 1 amide bonds. The molecule has 0 unspecified atom stereocenters. The number of nitrogens with one attached hydrogen (secondary N) is 1. The van der Waals surface area contributed by atoms with Crippen LogP contribution in [0.2, 0.25) is 0 Å². The molecule has 0 saturated carbocycles. The Morgan fingerprint density at radius 1 is 1.07 bits per heavy atom. The van der Waals surface area contributed by atoms with Crippen LogP contribution in [-0.4, -0.2) is 37.3 Å². The van der Waals surface area contributed by atoms with Crippen LogP contribution in [-0.2, 0) is 4.79 Å². The normalized spacial score (nSPS) is 10.9. The van der Waals surface area contributed by atoms with Gasteiger partial charge in [0.1, 0.15) is 10.8 Å². The van der Waals surface area contributed by atoms with Gasteiger partial charge in [-0.2, -0.15) is 9.61 Å².